The highest BCUT2D eigenvalue weighted by Gasteiger charge is 2.22. The van der Waals surface area contributed by atoms with E-state index in [1.165, 1.54) is 23.0 Å². The number of thiophene rings is 1. The number of methoxy groups -OCH3 is 2. The number of benzene rings is 2. The molecule has 3 aromatic rings. The quantitative estimate of drug-likeness (QED) is 0.318. The van der Waals surface area contributed by atoms with Gasteiger partial charge in [0, 0.05) is 28.6 Å². The molecule has 0 spiro atoms. The van der Waals surface area contributed by atoms with Crippen LogP contribution in [0.1, 0.15) is 35.3 Å². The van der Waals surface area contributed by atoms with Crippen LogP contribution in [0.3, 0.4) is 0 Å². The number of amides is 1. The van der Waals surface area contributed by atoms with Crippen LogP contribution in [0, 0.1) is 0 Å². The van der Waals surface area contributed by atoms with Gasteiger partial charge in [0.05, 0.1) is 20.8 Å². The number of ether oxygens (including phenoxy) is 3. The maximum atomic E-state index is 12.7. The highest BCUT2D eigenvalue weighted by molar-refractivity contribution is 7.15. The Kier molecular flexibility index (Phi) is 8.27. The zero-order chi connectivity index (χ0) is 23.8. The molecule has 0 aliphatic heterocycles. The lowest BCUT2D eigenvalue weighted by Gasteiger charge is -2.09. The predicted molar refractivity (Wildman–Crippen MR) is 132 cm³/mol. The Balaban J connectivity index is 1.86. The van der Waals surface area contributed by atoms with Crippen molar-refractivity contribution in [3.8, 4) is 22.6 Å². The van der Waals surface area contributed by atoms with Gasteiger partial charge in [0.2, 0.25) is 5.91 Å². The average molecular weight is 466 g/mol. The zero-order valence-electron chi connectivity index (χ0n) is 19.1. The van der Waals surface area contributed by atoms with Gasteiger partial charge >= 0.3 is 5.97 Å². The van der Waals surface area contributed by atoms with Crippen LogP contribution in [0.25, 0.3) is 17.2 Å². The van der Waals surface area contributed by atoms with Crippen LogP contribution in [0.4, 0.5) is 5.00 Å². The number of esters is 1. The number of hydrogen-bond acceptors (Lipinski definition) is 6. The van der Waals surface area contributed by atoms with Gasteiger partial charge in [-0.15, -0.1) is 11.3 Å². The van der Waals surface area contributed by atoms with Gasteiger partial charge in [0.15, 0.2) is 0 Å². The van der Waals surface area contributed by atoms with Crippen molar-refractivity contribution in [1.29, 1.82) is 0 Å². The third-order valence-corrected chi connectivity index (χ3v) is 5.93. The molecule has 0 radical (unpaired) electrons. The first-order valence-corrected chi connectivity index (χ1v) is 11.5. The highest BCUT2D eigenvalue weighted by atomic mass is 32.1. The van der Waals surface area contributed by atoms with Gasteiger partial charge in [0.25, 0.3) is 0 Å². The molecule has 0 bridgehead atoms. The van der Waals surface area contributed by atoms with Crippen LogP contribution in [-0.4, -0.2) is 32.7 Å². The van der Waals surface area contributed by atoms with Crippen molar-refractivity contribution < 1.29 is 23.8 Å². The Morgan fingerprint density at radius 2 is 1.79 bits per heavy atom. The minimum absolute atomic E-state index is 0.243. The molecule has 1 amide bonds. The van der Waals surface area contributed by atoms with E-state index in [0.29, 0.717) is 22.1 Å². The van der Waals surface area contributed by atoms with Crippen LogP contribution in [0.5, 0.6) is 11.5 Å². The van der Waals surface area contributed by atoms with Crippen molar-refractivity contribution in [2.45, 2.75) is 20.3 Å². The summed E-state index contributed by atoms with van der Waals surface area (Å²) < 4.78 is 15.8. The molecule has 1 aromatic heterocycles. The van der Waals surface area contributed by atoms with Crippen LogP contribution in [-0.2, 0) is 16.0 Å². The monoisotopic (exact) mass is 465 g/mol. The molecule has 7 heteroatoms. The van der Waals surface area contributed by atoms with Crippen LogP contribution in [0.2, 0.25) is 0 Å². The first kappa shape index (κ1) is 24.1. The molecule has 1 N–H and O–H groups in total. The molecule has 1 heterocycles. The number of hydrogen-bond donors (Lipinski definition) is 1. The number of carbonyl (C=O) groups is 2. The van der Waals surface area contributed by atoms with Crippen LogP contribution < -0.4 is 14.8 Å². The fourth-order valence-corrected chi connectivity index (χ4v) is 4.22. The lowest BCUT2D eigenvalue weighted by atomic mass is 10.0. The SMILES string of the molecule is CCOC(=O)c1c(-c2ccc(CC)cc2)csc1NC(=O)C=Cc1ccc(OC)cc1OC. The van der Waals surface area contributed by atoms with Gasteiger partial charge in [-0.2, -0.15) is 0 Å². The van der Waals surface area contributed by atoms with E-state index in [4.69, 9.17) is 14.2 Å². The van der Waals surface area contributed by atoms with Gasteiger partial charge in [-0.1, -0.05) is 31.2 Å². The molecule has 0 aliphatic rings. The first-order valence-electron chi connectivity index (χ1n) is 10.6. The van der Waals surface area contributed by atoms with Crippen molar-refractivity contribution >= 4 is 34.3 Å². The van der Waals surface area contributed by atoms with E-state index in [2.05, 4.69) is 12.2 Å². The van der Waals surface area contributed by atoms with Crippen molar-refractivity contribution in [1.82, 2.24) is 0 Å². The van der Waals surface area contributed by atoms with E-state index < -0.39 is 5.97 Å². The number of rotatable bonds is 9. The molecular weight excluding hydrogens is 438 g/mol. The molecule has 0 unspecified atom stereocenters. The Morgan fingerprint density at radius 3 is 2.42 bits per heavy atom. The van der Waals surface area contributed by atoms with E-state index >= 15 is 0 Å². The van der Waals surface area contributed by atoms with Crippen LogP contribution >= 0.6 is 11.3 Å². The van der Waals surface area contributed by atoms with Crippen LogP contribution in [0.15, 0.2) is 53.9 Å². The molecule has 2 aromatic carbocycles. The largest absolute Gasteiger partial charge is 0.497 e. The van der Waals surface area contributed by atoms with E-state index in [0.717, 1.165) is 23.1 Å². The van der Waals surface area contributed by atoms with Gasteiger partial charge < -0.3 is 19.5 Å². The Bertz CT molecular complexity index is 1150. The maximum absolute atomic E-state index is 12.7. The lowest BCUT2D eigenvalue weighted by molar-refractivity contribution is -0.111. The molecule has 0 aliphatic carbocycles. The smallest absolute Gasteiger partial charge is 0.341 e. The van der Waals surface area contributed by atoms with E-state index in [9.17, 15) is 9.59 Å². The second-order valence-electron chi connectivity index (χ2n) is 7.05. The Hall–Kier alpha value is -3.58. The fraction of sp³-hybridized carbons (Fsp3) is 0.231. The summed E-state index contributed by atoms with van der Waals surface area (Å²) in [4.78, 5) is 25.4. The minimum Gasteiger partial charge on any atom is -0.497 e. The van der Waals surface area contributed by atoms with E-state index in [1.807, 2.05) is 29.6 Å². The van der Waals surface area contributed by atoms with Gasteiger partial charge in [-0.25, -0.2) is 4.79 Å². The van der Waals surface area contributed by atoms with E-state index in [1.54, 1.807) is 45.4 Å². The number of carbonyl (C=O) groups excluding carboxylic acids is 2. The third kappa shape index (κ3) is 5.81. The molecule has 6 nitrogen and oxygen atoms in total. The molecule has 0 saturated carbocycles. The minimum atomic E-state index is -0.468. The number of anilines is 1. The summed E-state index contributed by atoms with van der Waals surface area (Å²) in [7, 11) is 3.13. The summed E-state index contributed by atoms with van der Waals surface area (Å²) in [6.07, 6.45) is 3.98. The summed E-state index contributed by atoms with van der Waals surface area (Å²) >= 11 is 1.29. The molecule has 33 heavy (non-hydrogen) atoms. The molecule has 172 valence electrons. The lowest BCUT2D eigenvalue weighted by Crippen LogP contribution is -2.12. The normalized spacial score (nSPS) is 10.8. The summed E-state index contributed by atoms with van der Waals surface area (Å²) in [5, 5.41) is 5.12. The second-order valence-corrected chi connectivity index (χ2v) is 7.93. The van der Waals surface area contributed by atoms with Crippen molar-refractivity contribution in [2.75, 3.05) is 26.1 Å². The molecule has 0 saturated heterocycles. The highest BCUT2D eigenvalue weighted by Crippen LogP contribution is 2.36. The first-order chi connectivity index (χ1) is 16.0. The maximum Gasteiger partial charge on any atom is 0.341 e. The molecule has 0 atom stereocenters. The van der Waals surface area contributed by atoms with Gasteiger partial charge in [-0.3, -0.25) is 4.79 Å². The van der Waals surface area contributed by atoms with Gasteiger partial charge in [-0.05, 0) is 42.7 Å². The van der Waals surface area contributed by atoms with Crippen molar-refractivity contribution in [3.63, 3.8) is 0 Å². The predicted octanol–water partition coefficient (Wildman–Crippen LogP) is 5.82. The summed E-state index contributed by atoms with van der Waals surface area (Å²) in [5.41, 5.74) is 3.92. The second kappa shape index (κ2) is 11.3. The number of nitrogens with one attached hydrogen (secondary N) is 1. The molecule has 0 fully saturated rings. The Morgan fingerprint density at radius 1 is 1.03 bits per heavy atom. The summed E-state index contributed by atoms with van der Waals surface area (Å²) in [6, 6.07) is 13.3. The zero-order valence-corrected chi connectivity index (χ0v) is 20.0. The molecule has 3 rings (SSSR count). The number of aryl methyl sites for hydroxylation is 1. The average Bonchev–Trinajstić information content (AvgIpc) is 3.26. The van der Waals surface area contributed by atoms with E-state index in [-0.39, 0.29) is 12.5 Å². The summed E-state index contributed by atoms with van der Waals surface area (Å²) in [5.74, 6) is 0.405. The van der Waals surface area contributed by atoms with Crippen molar-refractivity contribution in [3.05, 3.63) is 70.6 Å². The molecular formula is C26H27NO5S. The fourth-order valence-electron chi connectivity index (χ4n) is 3.26. The topological polar surface area (TPSA) is 73.9 Å². The third-order valence-electron chi connectivity index (χ3n) is 5.04. The summed E-state index contributed by atoms with van der Waals surface area (Å²) in [6.45, 7) is 4.09. The standard InChI is InChI=1S/C26H27NO5S/c1-5-17-7-9-18(10-8-17)21-16-33-25(24(21)26(29)32-6-2)27-23(28)14-12-19-11-13-20(30-3)15-22(19)31-4/h7-16H,5-6H2,1-4H3,(H,27,28). The van der Waals surface area contributed by atoms with Gasteiger partial charge in [0.1, 0.15) is 22.1 Å². The Labute approximate surface area is 197 Å². The van der Waals surface area contributed by atoms with Crippen molar-refractivity contribution in [2.24, 2.45) is 0 Å².